The summed E-state index contributed by atoms with van der Waals surface area (Å²) in [4.78, 5) is 14.9. The molecule has 0 aliphatic carbocycles. The number of likely N-dealkylation sites (tertiary alicyclic amines) is 1. The first-order valence-electron chi connectivity index (χ1n) is 9.60. The molecule has 2 atom stereocenters. The Morgan fingerprint density at radius 1 is 1.32 bits per heavy atom. The van der Waals surface area contributed by atoms with Gasteiger partial charge in [0.1, 0.15) is 11.5 Å². The summed E-state index contributed by atoms with van der Waals surface area (Å²) >= 11 is 1.30. The number of carbonyl (C=O) groups is 1. The monoisotopic (exact) mass is 405 g/mol. The highest BCUT2D eigenvalue weighted by molar-refractivity contribution is 8.00. The summed E-state index contributed by atoms with van der Waals surface area (Å²) in [5.41, 5.74) is 0.684. The predicted molar refractivity (Wildman–Crippen MR) is 108 cm³/mol. The van der Waals surface area contributed by atoms with Gasteiger partial charge in [0.15, 0.2) is 0 Å². The number of hydrogen-bond donors (Lipinski definition) is 0. The number of aromatic nitrogens is 2. The van der Waals surface area contributed by atoms with E-state index in [-0.39, 0.29) is 11.2 Å². The summed E-state index contributed by atoms with van der Waals surface area (Å²) in [5.74, 6) is 1.76. The standard InChI is InChI=1S/C20H27N3O4S/c1-5-14-8-6-7-11-23(14)19(24)13(2)28-20-22-21-18(27-20)16-10-9-15(25-3)12-17(16)26-4/h9-10,12-14H,5-8,11H2,1-4H3. The van der Waals surface area contributed by atoms with Crippen molar-refractivity contribution in [3.05, 3.63) is 18.2 Å². The lowest BCUT2D eigenvalue weighted by Crippen LogP contribution is -2.46. The fraction of sp³-hybridized carbons (Fsp3) is 0.550. The molecule has 152 valence electrons. The molecule has 1 fully saturated rings. The smallest absolute Gasteiger partial charge is 0.277 e. The van der Waals surface area contributed by atoms with Crippen LogP contribution >= 0.6 is 11.8 Å². The molecule has 1 aliphatic heterocycles. The number of hydrogen-bond acceptors (Lipinski definition) is 7. The van der Waals surface area contributed by atoms with Crippen LogP contribution in [0.1, 0.15) is 39.5 Å². The minimum atomic E-state index is -0.279. The maximum atomic E-state index is 12.9. The Bertz CT molecular complexity index is 810. The zero-order valence-corrected chi connectivity index (χ0v) is 17.6. The lowest BCUT2D eigenvalue weighted by atomic mass is 10.00. The van der Waals surface area contributed by atoms with E-state index >= 15 is 0 Å². The molecule has 28 heavy (non-hydrogen) atoms. The molecular formula is C20H27N3O4S. The highest BCUT2D eigenvalue weighted by atomic mass is 32.2. The number of amides is 1. The van der Waals surface area contributed by atoms with Crippen LogP contribution in [0.3, 0.4) is 0 Å². The predicted octanol–water partition coefficient (Wildman–Crippen LogP) is 4.03. The molecule has 8 heteroatoms. The Morgan fingerprint density at radius 2 is 2.14 bits per heavy atom. The van der Waals surface area contributed by atoms with Crippen LogP contribution in [-0.4, -0.2) is 53.1 Å². The van der Waals surface area contributed by atoms with Crippen LogP contribution in [0.15, 0.2) is 27.8 Å². The number of ether oxygens (including phenoxy) is 2. The molecule has 0 spiro atoms. The van der Waals surface area contributed by atoms with Crippen LogP contribution in [0.4, 0.5) is 0 Å². The molecule has 0 N–H and O–H groups in total. The zero-order valence-electron chi connectivity index (χ0n) is 16.8. The number of rotatable bonds is 7. The molecule has 2 heterocycles. The van der Waals surface area contributed by atoms with Gasteiger partial charge in [-0.1, -0.05) is 18.7 Å². The van der Waals surface area contributed by atoms with Crippen molar-refractivity contribution in [2.45, 2.75) is 56.0 Å². The van der Waals surface area contributed by atoms with Crippen molar-refractivity contribution in [2.75, 3.05) is 20.8 Å². The van der Waals surface area contributed by atoms with Gasteiger partial charge in [-0.15, -0.1) is 10.2 Å². The van der Waals surface area contributed by atoms with Crippen molar-refractivity contribution in [3.63, 3.8) is 0 Å². The fourth-order valence-electron chi connectivity index (χ4n) is 3.49. The first-order valence-corrected chi connectivity index (χ1v) is 10.5. The van der Waals surface area contributed by atoms with E-state index in [1.807, 2.05) is 24.0 Å². The second-order valence-electron chi connectivity index (χ2n) is 6.79. The van der Waals surface area contributed by atoms with Gasteiger partial charge in [-0.3, -0.25) is 4.79 Å². The van der Waals surface area contributed by atoms with Gasteiger partial charge in [0, 0.05) is 18.7 Å². The summed E-state index contributed by atoms with van der Waals surface area (Å²) < 4.78 is 16.4. The molecule has 2 aromatic rings. The summed E-state index contributed by atoms with van der Waals surface area (Å²) in [6.07, 6.45) is 4.34. The van der Waals surface area contributed by atoms with Crippen molar-refractivity contribution >= 4 is 17.7 Å². The van der Waals surface area contributed by atoms with E-state index in [0.29, 0.717) is 34.2 Å². The topological polar surface area (TPSA) is 77.7 Å². The second kappa shape index (κ2) is 9.32. The Kier molecular flexibility index (Phi) is 6.83. The average Bonchev–Trinajstić information content (AvgIpc) is 3.20. The van der Waals surface area contributed by atoms with E-state index in [4.69, 9.17) is 13.9 Å². The van der Waals surface area contributed by atoms with Gasteiger partial charge < -0.3 is 18.8 Å². The van der Waals surface area contributed by atoms with Crippen molar-refractivity contribution in [3.8, 4) is 23.0 Å². The van der Waals surface area contributed by atoms with E-state index in [1.54, 1.807) is 20.3 Å². The second-order valence-corrected chi connectivity index (χ2v) is 8.08. The first-order chi connectivity index (χ1) is 13.6. The van der Waals surface area contributed by atoms with Gasteiger partial charge >= 0.3 is 0 Å². The molecule has 0 bridgehead atoms. The van der Waals surface area contributed by atoms with E-state index in [1.165, 1.54) is 18.2 Å². The summed E-state index contributed by atoms with van der Waals surface area (Å²) in [6.45, 7) is 4.87. The summed E-state index contributed by atoms with van der Waals surface area (Å²) in [6, 6.07) is 5.72. The van der Waals surface area contributed by atoms with Crippen molar-refractivity contribution in [2.24, 2.45) is 0 Å². The van der Waals surface area contributed by atoms with E-state index in [2.05, 4.69) is 17.1 Å². The minimum absolute atomic E-state index is 0.137. The quantitative estimate of drug-likeness (QED) is 0.644. The highest BCUT2D eigenvalue weighted by Crippen LogP contribution is 2.34. The molecule has 2 unspecified atom stereocenters. The number of methoxy groups -OCH3 is 2. The van der Waals surface area contributed by atoms with Crippen LogP contribution in [-0.2, 0) is 4.79 Å². The maximum absolute atomic E-state index is 12.9. The van der Waals surface area contributed by atoms with Crippen LogP contribution in [0.25, 0.3) is 11.5 Å². The maximum Gasteiger partial charge on any atom is 0.277 e. The molecule has 1 amide bonds. The summed E-state index contributed by atoms with van der Waals surface area (Å²) in [5, 5.41) is 8.32. The van der Waals surface area contributed by atoms with Crippen LogP contribution in [0, 0.1) is 0 Å². The van der Waals surface area contributed by atoms with Crippen molar-refractivity contribution in [1.29, 1.82) is 0 Å². The molecule has 0 radical (unpaired) electrons. The number of carbonyl (C=O) groups excluding carboxylic acids is 1. The third-order valence-corrected chi connectivity index (χ3v) is 5.97. The van der Waals surface area contributed by atoms with E-state index < -0.39 is 0 Å². The Morgan fingerprint density at radius 3 is 2.86 bits per heavy atom. The zero-order chi connectivity index (χ0) is 20.1. The third kappa shape index (κ3) is 4.43. The largest absolute Gasteiger partial charge is 0.497 e. The Balaban J connectivity index is 1.71. The Hall–Kier alpha value is -2.22. The number of piperidine rings is 1. The molecular weight excluding hydrogens is 378 g/mol. The van der Waals surface area contributed by atoms with Gasteiger partial charge in [0.2, 0.25) is 5.91 Å². The SMILES string of the molecule is CCC1CCCCN1C(=O)C(C)Sc1nnc(-c2ccc(OC)cc2OC)o1. The Labute approximate surface area is 169 Å². The van der Waals surface area contributed by atoms with Crippen LogP contribution in [0.2, 0.25) is 0 Å². The summed E-state index contributed by atoms with van der Waals surface area (Å²) in [7, 11) is 3.17. The van der Waals surface area contributed by atoms with E-state index in [9.17, 15) is 4.79 Å². The molecule has 1 aliphatic rings. The third-order valence-electron chi connectivity index (χ3n) is 5.05. The first kappa shape index (κ1) is 20.5. The van der Waals surface area contributed by atoms with Crippen molar-refractivity contribution in [1.82, 2.24) is 15.1 Å². The van der Waals surface area contributed by atoms with Gasteiger partial charge in [0.25, 0.3) is 11.1 Å². The molecule has 1 saturated heterocycles. The number of benzene rings is 1. The molecule has 7 nitrogen and oxygen atoms in total. The molecule has 0 saturated carbocycles. The van der Waals surface area contributed by atoms with Crippen LogP contribution in [0.5, 0.6) is 11.5 Å². The number of nitrogens with zero attached hydrogens (tertiary/aromatic N) is 3. The van der Waals surface area contributed by atoms with Gasteiger partial charge in [-0.2, -0.15) is 0 Å². The van der Waals surface area contributed by atoms with Crippen molar-refractivity contribution < 1.29 is 18.7 Å². The van der Waals surface area contributed by atoms with Crippen LogP contribution < -0.4 is 9.47 Å². The molecule has 3 rings (SSSR count). The highest BCUT2D eigenvalue weighted by Gasteiger charge is 2.30. The minimum Gasteiger partial charge on any atom is -0.497 e. The van der Waals surface area contributed by atoms with E-state index in [0.717, 1.165) is 25.8 Å². The fourth-order valence-corrected chi connectivity index (χ4v) is 4.25. The number of thioether (sulfide) groups is 1. The van der Waals surface area contributed by atoms with Gasteiger partial charge in [0.05, 0.1) is 25.0 Å². The normalized spacial score (nSPS) is 18.0. The molecule has 1 aromatic heterocycles. The lowest BCUT2D eigenvalue weighted by molar-refractivity contribution is -0.134. The lowest BCUT2D eigenvalue weighted by Gasteiger charge is -2.36. The average molecular weight is 406 g/mol. The molecule has 1 aromatic carbocycles. The van der Waals surface area contributed by atoms with Gasteiger partial charge in [-0.05, 0) is 44.7 Å². The van der Waals surface area contributed by atoms with Gasteiger partial charge in [-0.25, -0.2) is 0 Å².